The summed E-state index contributed by atoms with van der Waals surface area (Å²) in [6, 6.07) is 4.94. The lowest BCUT2D eigenvalue weighted by Gasteiger charge is -2.18. The van der Waals surface area contributed by atoms with Gasteiger partial charge in [-0.15, -0.1) is 0 Å². The van der Waals surface area contributed by atoms with Crippen molar-refractivity contribution in [1.82, 2.24) is 10.5 Å². The van der Waals surface area contributed by atoms with Crippen LogP contribution in [-0.4, -0.2) is 36.7 Å². The number of hydrogen-bond acceptors (Lipinski definition) is 6. The van der Waals surface area contributed by atoms with Crippen molar-refractivity contribution in [1.29, 1.82) is 5.41 Å². The first-order valence-electron chi connectivity index (χ1n) is 8.83. The van der Waals surface area contributed by atoms with Gasteiger partial charge < -0.3 is 24.5 Å². The highest BCUT2D eigenvalue weighted by atomic mass is 35.5. The molecule has 1 aromatic heterocycles. The highest BCUT2D eigenvalue weighted by molar-refractivity contribution is 7.36. The SMILES string of the molecule is COC1=POc2cccc(Cl)c2-c2noc(/C(C=N)=C(/NCC(C)C)C(F)(F)F)c21. The number of rotatable bonds is 6. The number of halogens is 4. The van der Waals surface area contributed by atoms with Crippen LogP contribution in [0.3, 0.4) is 0 Å². The van der Waals surface area contributed by atoms with Gasteiger partial charge in [-0.25, -0.2) is 0 Å². The quantitative estimate of drug-likeness (QED) is 0.438. The van der Waals surface area contributed by atoms with Crippen LogP contribution in [0.4, 0.5) is 13.2 Å². The van der Waals surface area contributed by atoms with Gasteiger partial charge in [0.1, 0.15) is 17.1 Å². The first kappa shape index (κ1) is 22.3. The van der Waals surface area contributed by atoms with Crippen molar-refractivity contribution in [3.63, 3.8) is 0 Å². The molecule has 11 heteroatoms. The molecule has 0 unspecified atom stereocenters. The summed E-state index contributed by atoms with van der Waals surface area (Å²) >= 11 is 6.31. The minimum atomic E-state index is -4.75. The molecule has 1 aromatic carbocycles. The maximum absolute atomic E-state index is 13.8. The number of aromatic nitrogens is 1. The molecule has 0 amide bonds. The summed E-state index contributed by atoms with van der Waals surface area (Å²) in [5.41, 5.74) is -0.719. The van der Waals surface area contributed by atoms with Gasteiger partial charge in [-0.1, -0.05) is 36.7 Å². The molecule has 30 heavy (non-hydrogen) atoms. The fraction of sp³-hybridized carbons (Fsp3) is 0.316. The van der Waals surface area contributed by atoms with Gasteiger partial charge in [-0.3, -0.25) is 0 Å². The van der Waals surface area contributed by atoms with Gasteiger partial charge >= 0.3 is 6.18 Å². The van der Waals surface area contributed by atoms with Crippen molar-refractivity contribution in [3.8, 4) is 17.0 Å². The zero-order chi connectivity index (χ0) is 22.1. The van der Waals surface area contributed by atoms with E-state index in [1.165, 1.54) is 7.11 Å². The largest absolute Gasteiger partial charge is 0.436 e. The Labute approximate surface area is 177 Å². The molecule has 160 valence electrons. The van der Waals surface area contributed by atoms with Crippen molar-refractivity contribution in [2.45, 2.75) is 20.0 Å². The first-order valence-corrected chi connectivity index (χ1v) is 10.0. The molecule has 2 aromatic rings. The monoisotopic (exact) mass is 459 g/mol. The Morgan fingerprint density at radius 3 is 2.70 bits per heavy atom. The average molecular weight is 460 g/mol. The molecule has 0 spiro atoms. The molecule has 0 bridgehead atoms. The van der Waals surface area contributed by atoms with Crippen molar-refractivity contribution in [2.24, 2.45) is 5.92 Å². The summed E-state index contributed by atoms with van der Waals surface area (Å²) < 4.78 is 57.8. The maximum atomic E-state index is 13.8. The van der Waals surface area contributed by atoms with Gasteiger partial charge in [-0.2, -0.15) is 13.2 Å². The Hall–Kier alpha value is -2.35. The van der Waals surface area contributed by atoms with E-state index in [2.05, 4.69) is 10.5 Å². The van der Waals surface area contributed by atoms with Crippen molar-refractivity contribution in [2.75, 3.05) is 13.7 Å². The Kier molecular flexibility index (Phi) is 6.55. The Morgan fingerprint density at radius 2 is 2.10 bits per heavy atom. The number of nitrogens with one attached hydrogen (secondary N) is 2. The molecule has 1 aliphatic rings. The van der Waals surface area contributed by atoms with E-state index < -0.39 is 17.4 Å². The third-order valence-corrected chi connectivity index (χ3v) is 5.34. The third-order valence-electron chi connectivity index (χ3n) is 4.17. The van der Waals surface area contributed by atoms with Crippen LogP contribution in [0.15, 0.2) is 28.4 Å². The Balaban J connectivity index is 2.30. The lowest BCUT2D eigenvalue weighted by molar-refractivity contribution is -0.0961. The number of allylic oxidation sites excluding steroid dienone is 2. The standard InChI is InChI=1S/C19H18ClF3N3O3P/c1-9(2)8-25-17(19(21,22)23)10(7-24)16-14-15(26-28-16)13-11(20)5-4-6-12(13)29-30-18(14)27-3/h4-7,9,24-25H,8H2,1-3H3/b17-10+,24-7?. The zero-order valence-electron chi connectivity index (χ0n) is 16.2. The van der Waals surface area contributed by atoms with Crippen LogP contribution in [0.2, 0.25) is 5.02 Å². The molecule has 0 saturated carbocycles. The second-order valence-electron chi connectivity index (χ2n) is 6.75. The molecule has 3 rings (SSSR count). The third kappa shape index (κ3) is 4.24. The molecule has 6 nitrogen and oxygen atoms in total. The topological polar surface area (TPSA) is 80.4 Å². The van der Waals surface area contributed by atoms with E-state index in [1.807, 2.05) is 0 Å². The number of benzene rings is 1. The summed E-state index contributed by atoms with van der Waals surface area (Å²) in [7, 11) is 1.58. The van der Waals surface area contributed by atoms with E-state index in [0.29, 0.717) is 17.5 Å². The lowest BCUT2D eigenvalue weighted by atomic mass is 10.0. The average Bonchev–Trinajstić information content (AvgIpc) is 3.01. The molecule has 2 heterocycles. The van der Waals surface area contributed by atoms with E-state index in [4.69, 9.17) is 30.8 Å². The summed E-state index contributed by atoms with van der Waals surface area (Å²) in [4.78, 5) is 0. The number of methoxy groups -OCH3 is 1. The van der Waals surface area contributed by atoms with Crippen LogP contribution in [0.1, 0.15) is 25.2 Å². The Morgan fingerprint density at radius 1 is 1.37 bits per heavy atom. The molecule has 0 fully saturated rings. The molecular formula is C19H18ClF3N3O3P. The molecular weight excluding hydrogens is 442 g/mol. The van der Waals surface area contributed by atoms with Gasteiger partial charge in [-0.05, 0) is 18.1 Å². The molecule has 0 radical (unpaired) electrons. The van der Waals surface area contributed by atoms with Gasteiger partial charge in [0.25, 0.3) is 0 Å². The number of hydrogen-bond donors (Lipinski definition) is 2. The van der Waals surface area contributed by atoms with Crippen molar-refractivity contribution < 1.29 is 27.0 Å². The first-order chi connectivity index (χ1) is 14.2. The van der Waals surface area contributed by atoms with Crippen LogP contribution in [-0.2, 0) is 4.74 Å². The zero-order valence-corrected chi connectivity index (χ0v) is 17.9. The second kappa shape index (κ2) is 8.79. The van der Waals surface area contributed by atoms with E-state index in [9.17, 15) is 13.2 Å². The van der Waals surface area contributed by atoms with E-state index in [-0.39, 0.29) is 48.4 Å². The predicted octanol–water partition coefficient (Wildman–Crippen LogP) is 5.54. The molecule has 0 saturated heterocycles. The van der Waals surface area contributed by atoms with Crippen LogP contribution in [0.25, 0.3) is 16.8 Å². The Bertz CT molecular complexity index is 1030. The van der Waals surface area contributed by atoms with E-state index in [0.717, 1.165) is 0 Å². The molecule has 0 atom stereocenters. The minimum absolute atomic E-state index is 0.0549. The second-order valence-corrected chi connectivity index (χ2v) is 7.92. The van der Waals surface area contributed by atoms with Crippen molar-refractivity contribution >= 4 is 37.3 Å². The fourth-order valence-electron chi connectivity index (χ4n) is 2.83. The molecule has 0 aliphatic carbocycles. The summed E-state index contributed by atoms with van der Waals surface area (Å²) in [5.74, 6) is 0.0656. The number of ether oxygens (including phenoxy) is 1. The highest BCUT2D eigenvalue weighted by Crippen LogP contribution is 2.44. The van der Waals surface area contributed by atoms with Gasteiger partial charge in [0.2, 0.25) is 0 Å². The van der Waals surface area contributed by atoms with Gasteiger partial charge in [0, 0.05) is 19.9 Å². The normalized spacial score (nSPS) is 14.7. The highest BCUT2D eigenvalue weighted by Gasteiger charge is 2.39. The summed E-state index contributed by atoms with van der Waals surface area (Å²) in [5, 5.41) is 14.3. The smallest absolute Gasteiger partial charge is 0.431 e. The molecule has 2 N–H and O–H groups in total. The van der Waals surface area contributed by atoms with Crippen LogP contribution in [0.5, 0.6) is 5.75 Å². The van der Waals surface area contributed by atoms with E-state index in [1.54, 1.807) is 32.0 Å². The van der Waals surface area contributed by atoms with Crippen LogP contribution >= 0.6 is 20.0 Å². The number of fused-ring (bicyclic) bond motifs is 3. The van der Waals surface area contributed by atoms with E-state index >= 15 is 0 Å². The number of nitrogens with zero attached hydrogens (tertiary/aromatic N) is 1. The van der Waals surface area contributed by atoms with Crippen LogP contribution < -0.4 is 9.84 Å². The lowest BCUT2D eigenvalue weighted by Crippen LogP contribution is -2.31. The summed E-state index contributed by atoms with van der Waals surface area (Å²) in [6.45, 7) is 3.61. The number of alkyl halides is 3. The maximum Gasteiger partial charge on any atom is 0.431 e. The molecule has 1 aliphatic heterocycles. The summed E-state index contributed by atoms with van der Waals surface area (Å²) in [6.07, 6.45) is -4.16. The van der Waals surface area contributed by atoms with Crippen LogP contribution in [0, 0.1) is 11.3 Å². The fourth-order valence-corrected chi connectivity index (χ4v) is 3.80. The van der Waals surface area contributed by atoms with Crippen molar-refractivity contribution in [3.05, 3.63) is 40.2 Å². The minimum Gasteiger partial charge on any atom is -0.436 e. The predicted molar refractivity (Wildman–Crippen MR) is 110 cm³/mol. The van der Waals surface area contributed by atoms with Gasteiger partial charge in [0.15, 0.2) is 19.7 Å². The van der Waals surface area contributed by atoms with Gasteiger partial charge in [0.05, 0.1) is 21.7 Å².